The number of halogens is 5. The van der Waals surface area contributed by atoms with E-state index in [2.05, 4.69) is 6.58 Å². The maximum absolute atomic E-state index is 12.3. The number of alkyl halides is 5. The van der Waals surface area contributed by atoms with Crippen LogP contribution in [0, 0.1) is 0 Å². The summed E-state index contributed by atoms with van der Waals surface area (Å²) in [4.78, 5) is 0. The van der Waals surface area contributed by atoms with Gasteiger partial charge in [-0.15, -0.1) is 0 Å². The summed E-state index contributed by atoms with van der Waals surface area (Å²) in [6, 6.07) is 2.20. The summed E-state index contributed by atoms with van der Waals surface area (Å²) in [5.41, 5.74) is -1.71. The van der Waals surface area contributed by atoms with Crippen LogP contribution in [0.2, 0.25) is 0 Å². The predicted octanol–water partition coefficient (Wildman–Crippen LogP) is 4.29. The molecule has 0 aromatic heterocycles. The van der Waals surface area contributed by atoms with Crippen LogP contribution in [0.25, 0.3) is 6.08 Å². The molecule has 0 saturated heterocycles. The van der Waals surface area contributed by atoms with E-state index < -0.39 is 23.7 Å². The van der Waals surface area contributed by atoms with Gasteiger partial charge in [0.2, 0.25) is 0 Å². The van der Waals surface area contributed by atoms with Gasteiger partial charge in [0, 0.05) is 5.56 Å². The molecule has 0 N–H and O–H groups in total. The summed E-state index contributed by atoms with van der Waals surface area (Å²) in [5, 5.41) is 0. The molecule has 0 fully saturated rings. The van der Waals surface area contributed by atoms with Crippen molar-refractivity contribution in [3.05, 3.63) is 41.5 Å². The fourth-order valence-corrected chi connectivity index (χ4v) is 1.08. The van der Waals surface area contributed by atoms with Crippen LogP contribution in [0.4, 0.5) is 22.0 Å². The Labute approximate surface area is 83.0 Å². The molecule has 0 radical (unpaired) electrons. The van der Waals surface area contributed by atoms with E-state index in [1.54, 1.807) is 0 Å². The van der Waals surface area contributed by atoms with Crippen LogP contribution in [-0.4, -0.2) is 0 Å². The van der Waals surface area contributed by atoms with Crippen LogP contribution in [0.15, 0.2) is 24.8 Å². The lowest BCUT2D eigenvalue weighted by Gasteiger charge is -2.10. The van der Waals surface area contributed by atoms with E-state index in [0.29, 0.717) is 6.07 Å². The van der Waals surface area contributed by atoms with Gasteiger partial charge in [-0.05, 0) is 23.8 Å². The van der Waals surface area contributed by atoms with Crippen molar-refractivity contribution in [1.29, 1.82) is 0 Å². The number of hydrogen-bond donors (Lipinski definition) is 0. The van der Waals surface area contributed by atoms with Gasteiger partial charge < -0.3 is 0 Å². The summed E-state index contributed by atoms with van der Waals surface area (Å²) in [6.45, 7) is 3.24. The van der Waals surface area contributed by atoms with E-state index in [4.69, 9.17) is 0 Å². The molecule has 15 heavy (non-hydrogen) atoms. The molecule has 1 aromatic carbocycles. The molecule has 5 heteroatoms. The smallest absolute Gasteiger partial charge is 0.205 e. The van der Waals surface area contributed by atoms with Crippen LogP contribution < -0.4 is 0 Å². The monoisotopic (exact) mass is 222 g/mol. The summed E-state index contributed by atoms with van der Waals surface area (Å²) in [6.07, 6.45) is -6.45. The Morgan fingerprint density at radius 2 is 1.73 bits per heavy atom. The average Bonchev–Trinajstić information content (AvgIpc) is 2.15. The molecule has 1 rings (SSSR count). The first kappa shape index (κ1) is 11.7. The standard InChI is InChI=1S/C10H7F5/c1-2-6-3-7(9(11)12)5-8(4-6)10(13,14)15/h2-5,9H,1H2. The van der Waals surface area contributed by atoms with Crippen LogP contribution in [0.1, 0.15) is 23.1 Å². The Morgan fingerprint density at radius 1 is 1.13 bits per heavy atom. The van der Waals surface area contributed by atoms with Gasteiger partial charge in [-0.1, -0.05) is 12.7 Å². The maximum atomic E-state index is 12.3. The van der Waals surface area contributed by atoms with Gasteiger partial charge in [-0.25, -0.2) is 8.78 Å². The van der Waals surface area contributed by atoms with E-state index in [1.807, 2.05) is 0 Å². The van der Waals surface area contributed by atoms with Crippen molar-refractivity contribution in [2.75, 3.05) is 0 Å². The second-order valence-electron chi connectivity index (χ2n) is 2.89. The van der Waals surface area contributed by atoms with Crippen molar-refractivity contribution >= 4 is 6.08 Å². The number of benzene rings is 1. The summed E-state index contributed by atoms with van der Waals surface area (Å²) < 4.78 is 61.3. The fraction of sp³-hybridized carbons (Fsp3) is 0.200. The van der Waals surface area contributed by atoms with E-state index in [1.165, 1.54) is 0 Å². The minimum Gasteiger partial charge on any atom is -0.205 e. The molecule has 0 unspecified atom stereocenters. The highest BCUT2D eigenvalue weighted by Crippen LogP contribution is 2.33. The third-order valence-electron chi connectivity index (χ3n) is 1.79. The highest BCUT2D eigenvalue weighted by Gasteiger charge is 2.31. The predicted molar refractivity (Wildman–Crippen MR) is 46.5 cm³/mol. The molecule has 82 valence electrons. The van der Waals surface area contributed by atoms with Gasteiger partial charge in [-0.3, -0.25) is 0 Å². The number of rotatable bonds is 2. The minimum atomic E-state index is -4.62. The molecule has 0 nitrogen and oxygen atoms in total. The van der Waals surface area contributed by atoms with Gasteiger partial charge in [0.25, 0.3) is 6.43 Å². The van der Waals surface area contributed by atoms with Gasteiger partial charge >= 0.3 is 6.18 Å². The van der Waals surface area contributed by atoms with Crippen molar-refractivity contribution < 1.29 is 22.0 Å². The second-order valence-corrected chi connectivity index (χ2v) is 2.89. The molecule has 0 spiro atoms. The van der Waals surface area contributed by atoms with Crippen molar-refractivity contribution in [3.8, 4) is 0 Å². The normalized spacial score (nSPS) is 11.9. The average molecular weight is 222 g/mol. The first-order valence-electron chi connectivity index (χ1n) is 3.97. The third kappa shape index (κ3) is 2.78. The highest BCUT2D eigenvalue weighted by atomic mass is 19.4. The first-order valence-corrected chi connectivity index (χ1v) is 3.97. The highest BCUT2D eigenvalue weighted by molar-refractivity contribution is 5.50. The second kappa shape index (κ2) is 4.00. The lowest BCUT2D eigenvalue weighted by atomic mass is 10.1. The quantitative estimate of drug-likeness (QED) is 0.655. The third-order valence-corrected chi connectivity index (χ3v) is 1.79. The molecule has 1 aromatic rings. The zero-order valence-electron chi connectivity index (χ0n) is 7.48. The van der Waals surface area contributed by atoms with E-state index in [0.717, 1.165) is 18.2 Å². The molecule has 0 atom stereocenters. The van der Waals surface area contributed by atoms with E-state index in [-0.39, 0.29) is 5.56 Å². The first-order chi connectivity index (χ1) is 6.84. The Balaban J connectivity index is 3.29. The largest absolute Gasteiger partial charge is 0.416 e. The Morgan fingerprint density at radius 3 is 2.13 bits per heavy atom. The maximum Gasteiger partial charge on any atom is 0.416 e. The van der Waals surface area contributed by atoms with E-state index >= 15 is 0 Å². The Kier molecular flexibility index (Phi) is 3.12. The topological polar surface area (TPSA) is 0 Å². The van der Waals surface area contributed by atoms with Crippen molar-refractivity contribution in [3.63, 3.8) is 0 Å². The van der Waals surface area contributed by atoms with Crippen LogP contribution in [0.5, 0.6) is 0 Å². The Bertz CT molecular complexity index is 365. The van der Waals surface area contributed by atoms with Gasteiger partial charge in [-0.2, -0.15) is 13.2 Å². The van der Waals surface area contributed by atoms with Crippen LogP contribution in [0.3, 0.4) is 0 Å². The molecule has 0 aliphatic heterocycles. The van der Waals surface area contributed by atoms with Gasteiger partial charge in [0.15, 0.2) is 0 Å². The summed E-state index contributed by atoms with van der Waals surface area (Å²) in [7, 11) is 0. The molecule has 0 aliphatic rings. The molecule has 0 amide bonds. The van der Waals surface area contributed by atoms with E-state index in [9.17, 15) is 22.0 Å². The molecular formula is C10H7F5. The molecule has 0 bridgehead atoms. The zero-order chi connectivity index (χ0) is 11.6. The zero-order valence-corrected chi connectivity index (χ0v) is 7.48. The lowest BCUT2D eigenvalue weighted by molar-refractivity contribution is -0.137. The minimum absolute atomic E-state index is 0.0279. The number of hydrogen-bond acceptors (Lipinski definition) is 0. The van der Waals surface area contributed by atoms with Crippen LogP contribution >= 0.6 is 0 Å². The van der Waals surface area contributed by atoms with Crippen molar-refractivity contribution in [2.24, 2.45) is 0 Å². The van der Waals surface area contributed by atoms with Crippen molar-refractivity contribution in [1.82, 2.24) is 0 Å². The summed E-state index contributed by atoms with van der Waals surface area (Å²) >= 11 is 0. The fourth-order valence-electron chi connectivity index (χ4n) is 1.08. The molecule has 0 heterocycles. The molecule has 0 aliphatic carbocycles. The van der Waals surface area contributed by atoms with Gasteiger partial charge in [0.05, 0.1) is 5.56 Å². The van der Waals surface area contributed by atoms with Gasteiger partial charge in [0.1, 0.15) is 0 Å². The Hall–Kier alpha value is -1.39. The molecule has 0 saturated carbocycles. The summed E-state index contributed by atoms with van der Waals surface area (Å²) in [5.74, 6) is 0. The van der Waals surface area contributed by atoms with Crippen molar-refractivity contribution in [2.45, 2.75) is 12.6 Å². The van der Waals surface area contributed by atoms with Crippen LogP contribution in [-0.2, 0) is 6.18 Å². The lowest BCUT2D eigenvalue weighted by Crippen LogP contribution is -2.06. The SMILES string of the molecule is C=Cc1cc(C(F)F)cc(C(F)(F)F)c1. The molecular weight excluding hydrogens is 215 g/mol.